The van der Waals surface area contributed by atoms with Crippen molar-refractivity contribution in [2.75, 3.05) is 0 Å². The molecule has 10 rings (SSSR count). The average molecular weight is 650 g/mol. The van der Waals surface area contributed by atoms with Crippen LogP contribution < -0.4 is 0 Å². The van der Waals surface area contributed by atoms with Crippen molar-refractivity contribution in [1.29, 1.82) is 0 Å². The Balaban J connectivity index is 1.28. The largest absolute Gasteiger partial charge is 0.456 e. The van der Waals surface area contributed by atoms with Gasteiger partial charge in [-0.2, -0.15) is 0 Å². The quantitative estimate of drug-likeness (QED) is 0.186. The summed E-state index contributed by atoms with van der Waals surface area (Å²) in [5, 5.41) is 2.36. The van der Waals surface area contributed by atoms with Gasteiger partial charge in [0.05, 0.1) is 29.1 Å². The first-order valence-corrected chi connectivity index (χ1v) is 16.0. The zero-order valence-corrected chi connectivity index (χ0v) is 26.2. The molecule has 5 heteroatoms. The second-order valence-corrected chi connectivity index (χ2v) is 11.8. The number of rotatable bonds is 5. The Hall–Kier alpha value is -6.85. The number of fused-ring (bicyclic) bond motifs is 6. The molecule has 0 saturated carbocycles. The minimum atomic E-state index is -0.543. The summed E-state index contributed by atoms with van der Waals surface area (Å²) in [7, 11) is 0. The highest BCUT2D eigenvalue weighted by Gasteiger charge is 2.21. The Bertz CT molecular complexity index is 3370. The number of hydrogen-bond acceptors (Lipinski definition) is 4. The van der Waals surface area contributed by atoms with Crippen LogP contribution in [0.15, 0.2) is 174 Å². The van der Waals surface area contributed by atoms with Crippen LogP contribution in [0.1, 0.15) is 12.3 Å². The van der Waals surface area contributed by atoms with Crippen LogP contribution in [0.2, 0.25) is 0 Å². The van der Waals surface area contributed by atoms with E-state index in [1.165, 1.54) is 0 Å². The van der Waals surface area contributed by atoms with Crippen LogP contribution in [0.25, 0.3) is 94.7 Å². The van der Waals surface area contributed by atoms with Crippen molar-refractivity contribution in [3.8, 4) is 51.0 Å². The lowest BCUT2D eigenvalue weighted by Crippen LogP contribution is -2.03. The van der Waals surface area contributed by atoms with Gasteiger partial charge in [-0.1, -0.05) is 127 Å². The van der Waals surface area contributed by atoms with E-state index in [1.54, 1.807) is 34.9 Å². The average Bonchev–Trinajstić information content (AvgIpc) is 3.83. The second kappa shape index (κ2) is 11.4. The summed E-state index contributed by atoms with van der Waals surface area (Å²) in [5.74, 6) is 1.06. The number of benzene rings is 7. The number of furan rings is 1. The van der Waals surface area contributed by atoms with Crippen molar-refractivity contribution in [1.82, 2.24) is 19.5 Å². The number of aromatic nitrogens is 4. The summed E-state index contributed by atoms with van der Waals surface area (Å²) in [6, 6.07) is 31.4. The van der Waals surface area contributed by atoms with Gasteiger partial charge >= 0.3 is 0 Å². The summed E-state index contributed by atoms with van der Waals surface area (Å²) in [4.78, 5) is 15.0. The summed E-state index contributed by atoms with van der Waals surface area (Å²) >= 11 is 0. The second-order valence-electron chi connectivity index (χ2n) is 11.8. The molecule has 5 nitrogen and oxygen atoms in total. The topological polar surface area (TPSA) is 56.7 Å². The maximum atomic E-state index is 9.26. The molecule has 0 bridgehead atoms. The minimum absolute atomic E-state index is 0.0858. The Labute approximate surface area is 300 Å². The molecule has 0 unspecified atom stereocenters. The van der Waals surface area contributed by atoms with E-state index >= 15 is 0 Å². The number of hydrogen-bond donors (Lipinski definition) is 0. The van der Waals surface area contributed by atoms with Gasteiger partial charge in [-0.3, -0.25) is 0 Å². The molecular formula is C45H28N4O. The van der Waals surface area contributed by atoms with Gasteiger partial charge < -0.3 is 8.98 Å². The van der Waals surface area contributed by atoms with Crippen molar-refractivity contribution in [2.45, 2.75) is 0 Å². The van der Waals surface area contributed by atoms with Crippen LogP contribution in [0.3, 0.4) is 0 Å². The van der Waals surface area contributed by atoms with Gasteiger partial charge in [-0.05, 0) is 53.6 Å². The monoisotopic (exact) mass is 649 g/mol. The molecular weight excluding hydrogens is 613 g/mol. The first-order chi connectivity index (χ1) is 28.5. The van der Waals surface area contributed by atoms with Crippen LogP contribution in [-0.4, -0.2) is 19.5 Å². The summed E-state index contributed by atoms with van der Waals surface area (Å²) in [6.07, 6.45) is 0. The van der Waals surface area contributed by atoms with E-state index in [0.717, 1.165) is 21.9 Å². The molecule has 3 aromatic heterocycles. The maximum Gasteiger partial charge on any atom is 0.166 e. The fraction of sp³-hybridized carbons (Fsp3) is 0. The molecule has 3 heterocycles. The lowest BCUT2D eigenvalue weighted by atomic mass is 9.99. The Kier molecular flexibility index (Phi) is 4.67. The van der Waals surface area contributed by atoms with Gasteiger partial charge in [-0.25, -0.2) is 15.0 Å². The van der Waals surface area contributed by atoms with Crippen molar-refractivity contribution in [3.05, 3.63) is 170 Å². The highest BCUT2D eigenvalue weighted by Crippen LogP contribution is 2.40. The predicted octanol–water partition coefficient (Wildman–Crippen LogP) is 11.5. The van der Waals surface area contributed by atoms with E-state index in [4.69, 9.17) is 29.0 Å². The minimum Gasteiger partial charge on any atom is -0.456 e. The van der Waals surface area contributed by atoms with E-state index in [-0.39, 0.29) is 39.9 Å². The van der Waals surface area contributed by atoms with Crippen molar-refractivity contribution in [3.63, 3.8) is 0 Å². The molecule has 0 aliphatic heterocycles. The zero-order chi connectivity index (χ0) is 40.9. The molecule has 0 atom stereocenters. The first-order valence-electron chi connectivity index (χ1n) is 20.5. The molecule has 0 spiro atoms. The smallest absolute Gasteiger partial charge is 0.166 e. The fourth-order valence-corrected chi connectivity index (χ4v) is 6.67. The third-order valence-electron chi connectivity index (χ3n) is 8.88. The summed E-state index contributed by atoms with van der Waals surface area (Å²) in [5.41, 5.74) is 4.52. The molecule has 0 aliphatic carbocycles. The van der Waals surface area contributed by atoms with Gasteiger partial charge in [0.25, 0.3) is 0 Å². The molecule has 0 saturated heterocycles. The predicted molar refractivity (Wildman–Crippen MR) is 203 cm³/mol. The molecule has 0 N–H and O–H groups in total. The van der Waals surface area contributed by atoms with Crippen LogP contribution >= 0.6 is 0 Å². The molecule has 0 aliphatic rings. The van der Waals surface area contributed by atoms with Crippen LogP contribution in [0.5, 0.6) is 0 Å². The third-order valence-corrected chi connectivity index (χ3v) is 8.88. The first kappa shape index (κ1) is 20.5. The van der Waals surface area contributed by atoms with Gasteiger partial charge in [0.2, 0.25) is 0 Å². The lowest BCUT2D eigenvalue weighted by Gasteiger charge is -2.14. The third kappa shape index (κ3) is 4.52. The van der Waals surface area contributed by atoms with Crippen LogP contribution in [0.4, 0.5) is 0 Å². The van der Waals surface area contributed by atoms with Crippen LogP contribution in [0, 0.1) is 0 Å². The Morgan fingerprint density at radius 2 is 1.16 bits per heavy atom. The highest BCUT2D eigenvalue weighted by atomic mass is 16.3. The number of para-hydroxylation sites is 3. The SMILES string of the molecule is [2H]c1c([2H])c([2H])c(-c2cccc3c2c2c([2H])c([2H])c([2H])c([2H])c2n3-c2ccccc2-c2nc(-c3ccccc3)nc(-c3ccc4c(c3)oc3ccccc34)n2)c([2H])c1[2H]. The molecule has 234 valence electrons. The normalized spacial score (nSPS) is 14.1. The maximum absolute atomic E-state index is 9.26. The lowest BCUT2D eigenvalue weighted by molar-refractivity contribution is 0.669. The van der Waals surface area contributed by atoms with Crippen molar-refractivity contribution in [2.24, 2.45) is 0 Å². The summed E-state index contributed by atoms with van der Waals surface area (Å²) < 4.78 is 86.5. The van der Waals surface area contributed by atoms with E-state index < -0.39 is 42.3 Å². The van der Waals surface area contributed by atoms with E-state index in [9.17, 15) is 2.74 Å². The van der Waals surface area contributed by atoms with E-state index in [1.807, 2.05) is 84.9 Å². The fourth-order valence-electron chi connectivity index (χ4n) is 6.67. The molecule has 7 aromatic carbocycles. The summed E-state index contributed by atoms with van der Waals surface area (Å²) in [6.45, 7) is 0. The van der Waals surface area contributed by atoms with Gasteiger partial charge in [0.15, 0.2) is 17.5 Å². The Morgan fingerprint density at radius 1 is 0.460 bits per heavy atom. The van der Waals surface area contributed by atoms with Crippen molar-refractivity contribution >= 4 is 43.7 Å². The Morgan fingerprint density at radius 3 is 2.06 bits per heavy atom. The van der Waals surface area contributed by atoms with Crippen molar-refractivity contribution < 1.29 is 16.8 Å². The van der Waals surface area contributed by atoms with Crippen LogP contribution in [-0.2, 0) is 0 Å². The van der Waals surface area contributed by atoms with Gasteiger partial charge in [0.1, 0.15) is 11.2 Å². The standard InChI is InChI=1S/C45H28N4O/c1-3-14-29(15-4-1)32-21-13-24-39-42(32)35-19-7-10-22-37(35)49(39)38-23-11-8-20-36(38)45-47-43(30-16-5-2-6-17-30)46-44(48-45)31-26-27-34-33-18-9-12-25-40(33)50-41(34)28-31/h1-28H/i1D,3D,4D,7D,10D,14D,15D,19D,22D. The molecule has 10 aromatic rings. The van der Waals surface area contributed by atoms with Gasteiger partial charge in [-0.15, -0.1) is 0 Å². The van der Waals surface area contributed by atoms with E-state index in [2.05, 4.69) is 0 Å². The molecule has 0 fully saturated rings. The van der Waals surface area contributed by atoms with E-state index in [0.29, 0.717) is 44.9 Å². The van der Waals surface area contributed by atoms with Gasteiger partial charge in [0, 0.05) is 38.2 Å². The number of nitrogens with zero attached hydrogens (tertiary/aromatic N) is 4. The highest BCUT2D eigenvalue weighted by molar-refractivity contribution is 6.16. The molecule has 0 amide bonds. The zero-order valence-electron chi connectivity index (χ0n) is 35.2. The molecule has 50 heavy (non-hydrogen) atoms. The molecule has 0 radical (unpaired) electrons.